The van der Waals surface area contributed by atoms with E-state index in [0.717, 1.165) is 25.7 Å². The fourth-order valence-electron chi connectivity index (χ4n) is 2.35. The number of halogens is 1. The molecule has 1 fully saturated rings. The van der Waals surface area contributed by atoms with Gasteiger partial charge in [0.1, 0.15) is 5.69 Å². The molecule has 2 amide bonds. The van der Waals surface area contributed by atoms with E-state index in [9.17, 15) is 14.9 Å². The number of nitrogens with one attached hydrogen (secondary N) is 1. The van der Waals surface area contributed by atoms with Gasteiger partial charge in [-0.05, 0) is 30.9 Å². The average molecular weight is 344 g/mol. The number of benzene rings is 1. The number of anilines is 1. The molecule has 1 aliphatic rings. The maximum atomic E-state index is 12.2. The lowest BCUT2D eigenvalue weighted by Gasteiger charge is -2.29. The maximum Gasteiger partial charge on any atom is 0.331 e. The molecule has 2 atom stereocenters. The fourth-order valence-corrected chi connectivity index (χ4v) is 3.86. The quantitative estimate of drug-likeness (QED) is 0.383. The predicted octanol–water partition coefficient (Wildman–Crippen LogP) is 4.26. The topological polar surface area (TPSA) is 75.5 Å². The van der Waals surface area contributed by atoms with Crippen LogP contribution >= 0.6 is 23.5 Å². The second-order valence-corrected chi connectivity index (χ2v) is 7.07. The van der Waals surface area contributed by atoms with Gasteiger partial charge in [-0.15, -0.1) is 11.6 Å². The first kappa shape index (κ1) is 16.9. The molecule has 0 spiro atoms. The van der Waals surface area contributed by atoms with Crippen LogP contribution in [0.5, 0.6) is 0 Å². The van der Waals surface area contributed by atoms with Crippen LogP contribution in [0.2, 0.25) is 0 Å². The number of hydrogen-bond donors (Lipinski definition) is 1. The van der Waals surface area contributed by atoms with Crippen molar-refractivity contribution >= 4 is 41.0 Å². The van der Waals surface area contributed by atoms with Crippen LogP contribution in [0.25, 0.3) is 0 Å². The van der Waals surface area contributed by atoms with E-state index in [4.69, 9.17) is 11.6 Å². The Hall–Kier alpha value is -1.47. The lowest BCUT2D eigenvalue weighted by atomic mass is 10.00. The van der Waals surface area contributed by atoms with Gasteiger partial charge >= 0.3 is 6.03 Å². The minimum Gasteiger partial charge on any atom is -0.301 e. The summed E-state index contributed by atoms with van der Waals surface area (Å²) in [6, 6.07) is 5.68. The number of amides is 2. The highest BCUT2D eigenvalue weighted by molar-refractivity contribution is 7.98. The van der Waals surface area contributed by atoms with Crippen LogP contribution in [0.3, 0.4) is 0 Å². The molecular weight excluding hydrogens is 326 g/mol. The lowest BCUT2D eigenvalue weighted by Crippen LogP contribution is -2.32. The summed E-state index contributed by atoms with van der Waals surface area (Å²) >= 11 is 7.68. The Balaban J connectivity index is 1.98. The number of nitrogens with zero attached hydrogens (tertiary/aromatic N) is 2. The largest absolute Gasteiger partial charge is 0.331 e. The summed E-state index contributed by atoms with van der Waals surface area (Å²) < 4.78 is 1.46. The average Bonchev–Trinajstić information content (AvgIpc) is 2.49. The van der Waals surface area contributed by atoms with E-state index in [1.807, 2.05) is 0 Å². The first-order valence-electron chi connectivity index (χ1n) is 7.08. The van der Waals surface area contributed by atoms with Crippen molar-refractivity contribution in [1.82, 2.24) is 4.31 Å². The highest BCUT2D eigenvalue weighted by Crippen LogP contribution is 2.34. The zero-order chi connectivity index (χ0) is 16.1. The Labute approximate surface area is 138 Å². The number of carbonyl (C=O) groups excluding carboxylic acids is 1. The Morgan fingerprint density at radius 2 is 2.09 bits per heavy atom. The van der Waals surface area contributed by atoms with Gasteiger partial charge in [0.2, 0.25) is 0 Å². The molecule has 1 aliphatic carbocycles. The van der Waals surface area contributed by atoms with Gasteiger partial charge in [-0.2, -0.15) is 0 Å². The first-order valence-corrected chi connectivity index (χ1v) is 8.35. The van der Waals surface area contributed by atoms with E-state index in [2.05, 4.69) is 5.32 Å². The molecule has 0 heterocycles. The lowest BCUT2D eigenvalue weighted by molar-refractivity contribution is -0.383. The minimum atomic E-state index is -0.515. The van der Waals surface area contributed by atoms with Crippen LogP contribution in [-0.4, -0.2) is 32.9 Å². The van der Waals surface area contributed by atoms with Crippen molar-refractivity contribution in [3.05, 3.63) is 34.4 Å². The molecule has 1 saturated carbocycles. The highest BCUT2D eigenvalue weighted by Gasteiger charge is 2.27. The normalized spacial score (nSPS) is 21.2. The van der Waals surface area contributed by atoms with Crippen molar-refractivity contribution in [3.63, 3.8) is 0 Å². The van der Waals surface area contributed by atoms with E-state index in [1.165, 1.54) is 28.4 Å². The third kappa shape index (κ3) is 4.27. The maximum absolute atomic E-state index is 12.2. The van der Waals surface area contributed by atoms with Crippen LogP contribution < -0.4 is 5.32 Å². The van der Waals surface area contributed by atoms with Gasteiger partial charge in [-0.25, -0.2) is 4.79 Å². The summed E-state index contributed by atoms with van der Waals surface area (Å²) in [5.41, 5.74) is 0.0677. The van der Waals surface area contributed by atoms with Gasteiger partial charge in [0, 0.05) is 23.7 Å². The van der Waals surface area contributed by atoms with Gasteiger partial charge in [0.05, 0.1) is 4.92 Å². The number of para-hydroxylation sites is 2. The molecule has 1 aromatic rings. The van der Waals surface area contributed by atoms with E-state index >= 15 is 0 Å². The third-order valence-corrected chi connectivity index (χ3v) is 5.53. The smallest absolute Gasteiger partial charge is 0.301 e. The molecule has 2 rings (SSSR count). The molecule has 1 aromatic carbocycles. The number of urea groups is 1. The number of nitro benzene ring substituents is 1. The molecule has 0 aliphatic heterocycles. The molecule has 8 heteroatoms. The van der Waals surface area contributed by atoms with Crippen LogP contribution in [0.1, 0.15) is 25.7 Å². The molecule has 0 bridgehead atoms. The van der Waals surface area contributed by atoms with Crippen molar-refractivity contribution in [2.45, 2.75) is 36.3 Å². The third-order valence-electron chi connectivity index (χ3n) is 3.54. The van der Waals surface area contributed by atoms with Gasteiger partial charge in [-0.3, -0.25) is 14.4 Å². The number of carbonyl (C=O) groups is 1. The van der Waals surface area contributed by atoms with E-state index in [0.29, 0.717) is 0 Å². The summed E-state index contributed by atoms with van der Waals surface area (Å²) in [6.07, 6.45) is 4.17. The molecule has 0 aromatic heterocycles. The molecule has 22 heavy (non-hydrogen) atoms. The van der Waals surface area contributed by atoms with Crippen LogP contribution in [0.4, 0.5) is 16.2 Å². The van der Waals surface area contributed by atoms with E-state index in [-0.39, 0.29) is 22.0 Å². The Kier molecular flexibility index (Phi) is 5.90. The number of alkyl halides is 1. The fraction of sp³-hybridized carbons (Fsp3) is 0.500. The predicted molar refractivity (Wildman–Crippen MR) is 89.4 cm³/mol. The Morgan fingerprint density at radius 1 is 1.41 bits per heavy atom. The van der Waals surface area contributed by atoms with Crippen molar-refractivity contribution in [2.24, 2.45) is 0 Å². The Bertz CT molecular complexity index is 558. The summed E-state index contributed by atoms with van der Waals surface area (Å²) in [5.74, 6) is 0. The second-order valence-electron chi connectivity index (χ2n) is 5.15. The molecule has 120 valence electrons. The number of nitro groups is 1. The molecule has 6 nitrogen and oxygen atoms in total. The standard InChI is InChI=1S/C14H18ClN3O3S/c1-17(22-13-9-5-2-6-10(13)15)14(19)16-11-7-3-4-8-12(11)18(20)21/h3-4,7-8,10,13H,2,5-6,9H2,1H3,(H,16,19). The molecule has 0 radical (unpaired) electrons. The van der Waals surface area contributed by atoms with Crippen molar-refractivity contribution in [2.75, 3.05) is 12.4 Å². The summed E-state index contributed by atoms with van der Waals surface area (Å²) in [7, 11) is 1.65. The zero-order valence-electron chi connectivity index (χ0n) is 12.2. The summed E-state index contributed by atoms with van der Waals surface area (Å²) in [6.45, 7) is 0. The Morgan fingerprint density at radius 3 is 2.77 bits per heavy atom. The molecule has 1 N–H and O–H groups in total. The van der Waals surface area contributed by atoms with E-state index < -0.39 is 11.0 Å². The molecule has 2 unspecified atom stereocenters. The zero-order valence-corrected chi connectivity index (χ0v) is 13.8. The van der Waals surface area contributed by atoms with Crippen molar-refractivity contribution in [3.8, 4) is 0 Å². The molecular formula is C14H18ClN3O3S. The second kappa shape index (κ2) is 7.69. The number of hydrogen-bond acceptors (Lipinski definition) is 4. The van der Waals surface area contributed by atoms with E-state index in [1.54, 1.807) is 19.2 Å². The SMILES string of the molecule is CN(SC1CCCCC1Cl)C(=O)Nc1ccccc1[N+](=O)[O-]. The van der Waals surface area contributed by atoms with Gasteiger partial charge < -0.3 is 5.32 Å². The summed E-state index contributed by atoms with van der Waals surface area (Å²) in [4.78, 5) is 22.6. The molecule has 0 saturated heterocycles. The van der Waals surface area contributed by atoms with Gasteiger partial charge in [0.15, 0.2) is 0 Å². The minimum absolute atomic E-state index is 0.0556. The number of rotatable bonds is 4. The van der Waals surface area contributed by atoms with Gasteiger partial charge in [-0.1, -0.05) is 25.0 Å². The monoisotopic (exact) mass is 343 g/mol. The van der Waals surface area contributed by atoms with Crippen molar-refractivity contribution < 1.29 is 9.72 Å². The highest BCUT2D eigenvalue weighted by atomic mass is 35.5. The van der Waals surface area contributed by atoms with Crippen molar-refractivity contribution in [1.29, 1.82) is 0 Å². The van der Waals surface area contributed by atoms with Crippen LogP contribution in [0, 0.1) is 10.1 Å². The van der Waals surface area contributed by atoms with Crippen LogP contribution in [-0.2, 0) is 0 Å². The van der Waals surface area contributed by atoms with Gasteiger partial charge in [0.25, 0.3) is 5.69 Å². The summed E-state index contributed by atoms with van der Waals surface area (Å²) in [5, 5.41) is 13.8. The van der Waals surface area contributed by atoms with Crippen LogP contribution in [0.15, 0.2) is 24.3 Å². The first-order chi connectivity index (χ1) is 10.5.